The van der Waals surface area contributed by atoms with E-state index in [0.717, 1.165) is 25.1 Å². The van der Waals surface area contributed by atoms with E-state index in [1.807, 2.05) is 23.7 Å². The fraction of sp³-hybridized carbons (Fsp3) is 0.833. The van der Waals surface area contributed by atoms with Crippen LogP contribution in [-0.2, 0) is 6.54 Å². The Morgan fingerprint density at radius 1 is 1.44 bits per heavy atom. The number of rotatable bonds is 9. The van der Waals surface area contributed by atoms with Crippen molar-refractivity contribution >= 4 is 17.8 Å². The highest BCUT2D eigenvalue weighted by molar-refractivity contribution is 7.98. The van der Waals surface area contributed by atoms with Gasteiger partial charge in [-0.05, 0) is 38.3 Å². The van der Waals surface area contributed by atoms with E-state index in [9.17, 15) is 0 Å². The zero-order valence-corrected chi connectivity index (χ0v) is 12.6. The van der Waals surface area contributed by atoms with E-state index < -0.39 is 0 Å². The van der Waals surface area contributed by atoms with Crippen molar-refractivity contribution in [1.82, 2.24) is 15.5 Å². The van der Waals surface area contributed by atoms with Crippen LogP contribution in [0.15, 0.2) is 4.42 Å². The Bertz CT molecular complexity index is 332. The summed E-state index contributed by atoms with van der Waals surface area (Å²) in [5.74, 6) is 1.80. The molecule has 1 atom stereocenters. The number of anilines is 1. The van der Waals surface area contributed by atoms with Crippen LogP contribution in [0.25, 0.3) is 0 Å². The Morgan fingerprint density at radius 2 is 2.22 bits per heavy atom. The fourth-order valence-corrected chi connectivity index (χ4v) is 2.08. The van der Waals surface area contributed by atoms with Crippen LogP contribution < -0.4 is 10.2 Å². The van der Waals surface area contributed by atoms with E-state index in [4.69, 9.17) is 4.42 Å². The van der Waals surface area contributed by atoms with Gasteiger partial charge in [0, 0.05) is 13.1 Å². The number of hydrogen-bond acceptors (Lipinski definition) is 6. The summed E-state index contributed by atoms with van der Waals surface area (Å²) in [7, 11) is 2.00. The van der Waals surface area contributed by atoms with E-state index in [1.54, 1.807) is 0 Å². The van der Waals surface area contributed by atoms with Gasteiger partial charge in [-0.1, -0.05) is 12.0 Å². The summed E-state index contributed by atoms with van der Waals surface area (Å²) in [5, 5.41) is 11.4. The molecule has 1 heterocycles. The molecule has 0 aliphatic carbocycles. The lowest BCUT2D eigenvalue weighted by Gasteiger charge is -2.22. The second-order valence-electron chi connectivity index (χ2n) is 4.40. The minimum atomic E-state index is 0.411. The number of hydrogen-bond donors (Lipinski definition) is 1. The SMILES string of the molecule is CCCNCc1nnc(N(C)C(C)CCSC)o1. The first-order chi connectivity index (χ1) is 8.69. The van der Waals surface area contributed by atoms with E-state index in [2.05, 4.69) is 35.6 Å². The summed E-state index contributed by atoms with van der Waals surface area (Å²) >= 11 is 1.86. The Hall–Kier alpha value is -0.750. The molecule has 1 aromatic heterocycles. The smallest absolute Gasteiger partial charge is 0.318 e. The molecule has 6 heteroatoms. The molecule has 0 radical (unpaired) electrons. The summed E-state index contributed by atoms with van der Waals surface area (Å²) in [6.45, 7) is 5.93. The zero-order chi connectivity index (χ0) is 13.4. The Kier molecular flexibility index (Phi) is 7.12. The minimum absolute atomic E-state index is 0.411. The van der Waals surface area contributed by atoms with Crippen molar-refractivity contribution in [3.05, 3.63) is 5.89 Å². The quantitative estimate of drug-likeness (QED) is 0.695. The fourth-order valence-electron chi connectivity index (χ4n) is 1.50. The molecule has 0 fully saturated rings. The van der Waals surface area contributed by atoms with Gasteiger partial charge in [-0.3, -0.25) is 0 Å². The van der Waals surface area contributed by atoms with Gasteiger partial charge in [-0.15, -0.1) is 5.10 Å². The maximum absolute atomic E-state index is 5.63. The molecular formula is C12H24N4OS. The van der Waals surface area contributed by atoms with Crippen LogP contribution in [0.5, 0.6) is 0 Å². The lowest BCUT2D eigenvalue weighted by atomic mass is 10.2. The van der Waals surface area contributed by atoms with Crippen LogP contribution in [-0.4, -0.2) is 41.8 Å². The first kappa shape index (κ1) is 15.3. The summed E-state index contributed by atoms with van der Waals surface area (Å²) in [4.78, 5) is 2.05. The summed E-state index contributed by atoms with van der Waals surface area (Å²) < 4.78 is 5.63. The zero-order valence-electron chi connectivity index (χ0n) is 11.8. The van der Waals surface area contributed by atoms with Gasteiger partial charge in [0.2, 0.25) is 5.89 Å². The highest BCUT2D eigenvalue weighted by Gasteiger charge is 2.15. The van der Waals surface area contributed by atoms with E-state index in [-0.39, 0.29) is 0 Å². The molecule has 0 saturated heterocycles. The average molecular weight is 272 g/mol. The van der Waals surface area contributed by atoms with Crippen molar-refractivity contribution < 1.29 is 4.42 Å². The van der Waals surface area contributed by atoms with E-state index in [0.29, 0.717) is 24.5 Å². The third-order valence-corrected chi connectivity index (χ3v) is 3.51. The number of thioether (sulfide) groups is 1. The van der Waals surface area contributed by atoms with Crippen molar-refractivity contribution in [2.75, 3.05) is 30.5 Å². The molecule has 1 N–H and O–H groups in total. The van der Waals surface area contributed by atoms with Crippen molar-refractivity contribution in [3.63, 3.8) is 0 Å². The van der Waals surface area contributed by atoms with Crippen LogP contribution in [0.4, 0.5) is 6.01 Å². The summed E-state index contributed by atoms with van der Waals surface area (Å²) in [5.41, 5.74) is 0. The third-order valence-electron chi connectivity index (χ3n) is 2.86. The molecule has 1 rings (SSSR count). The van der Waals surface area contributed by atoms with Crippen molar-refractivity contribution in [3.8, 4) is 0 Å². The average Bonchev–Trinajstić information content (AvgIpc) is 2.84. The molecule has 0 aromatic carbocycles. The van der Waals surface area contributed by atoms with Crippen molar-refractivity contribution in [2.24, 2.45) is 0 Å². The Balaban J connectivity index is 2.45. The molecule has 18 heavy (non-hydrogen) atoms. The lowest BCUT2D eigenvalue weighted by molar-refractivity contribution is 0.455. The van der Waals surface area contributed by atoms with Gasteiger partial charge in [-0.25, -0.2) is 0 Å². The van der Waals surface area contributed by atoms with Gasteiger partial charge < -0.3 is 14.6 Å². The van der Waals surface area contributed by atoms with Gasteiger partial charge in [0.05, 0.1) is 6.54 Å². The molecule has 1 unspecified atom stereocenters. The first-order valence-electron chi connectivity index (χ1n) is 6.43. The maximum Gasteiger partial charge on any atom is 0.318 e. The van der Waals surface area contributed by atoms with Gasteiger partial charge in [0.15, 0.2) is 0 Å². The van der Waals surface area contributed by atoms with E-state index >= 15 is 0 Å². The molecular weight excluding hydrogens is 248 g/mol. The van der Waals surface area contributed by atoms with Crippen LogP contribution in [0, 0.1) is 0 Å². The highest BCUT2D eigenvalue weighted by atomic mass is 32.2. The van der Waals surface area contributed by atoms with Crippen molar-refractivity contribution in [1.29, 1.82) is 0 Å². The number of nitrogens with zero attached hydrogens (tertiary/aromatic N) is 3. The predicted octanol–water partition coefficient (Wildman–Crippen LogP) is 2.15. The highest BCUT2D eigenvalue weighted by Crippen LogP contribution is 2.15. The molecule has 104 valence electrons. The lowest BCUT2D eigenvalue weighted by Crippen LogP contribution is -2.29. The molecule has 5 nitrogen and oxygen atoms in total. The topological polar surface area (TPSA) is 54.2 Å². The third kappa shape index (κ3) is 4.86. The van der Waals surface area contributed by atoms with Crippen LogP contribution in [0.2, 0.25) is 0 Å². The number of aromatic nitrogens is 2. The summed E-state index contributed by atoms with van der Waals surface area (Å²) in [6, 6.07) is 1.02. The molecule has 1 aromatic rings. The largest absolute Gasteiger partial charge is 0.407 e. The van der Waals surface area contributed by atoms with Crippen LogP contribution in [0.3, 0.4) is 0 Å². The number of nitrogens with one attached hydrogen (secondary N) is 1. The first-order valence-corrected chi connectivity index (χ1v) is 7.83. The monoisotopic (exact) mass is 272 g/mol. The van der Waals surface area contributed by atoms with Crippen LogP contribution in [0.1, 0.15) is 32.6 Å². The van der Waals surface area contributed by atoms with Gasteiger partial charge >= 0.3 is 6.01 Å². The molecule has 0 aliphatic heterocycles. The minimum Gasteiger partial charge on any atom is -0.407 e. The second-order valence-corrected chi connectivity index (χ2v) is 5.38. The van der Waals surface area contributed by atoms with Gasteiger partial charge in [0.1, 0.15) is 0 Å². The normalized spacial score (nSPS) is 12.7. The molecule has 0 spiro atoms. The molecule has 0 saturated carbocycles. The molecule has 0 bridgehead atoms. The van der Waals surface area contributed by atoms with Crippen molar-refractivity contribution in [2.45, 2.75) is 39.3 Å². The maximum atomic E-state index is 5.63. The predicted molar refractivity (Wildman–Crippen MR) is 77.2 cm³/mol. The second kappa shape index (κ2) is 8.37. The van der Waals surface area contributed by atoms with E-state index in [1.165, 1.54) is 0 Å². The van der Waals surface area contributed by atoms with Gasteiger partial charge in [-0.2, -0.15) is 11.8 Å². The standard InChI is InChI=1S/C12H24N4OS/c1-5-7-13-9-11-14-15-12(17-11)16(3)10(2)6-8-18-4/h10,13H,5-9H2,1-4H3. The summed E-state index contributed by atoms with van der Waals surface area (Å²) in [6.07, 6.45) is 4.34. The molecule has 0 aliphatic rings. The molecule has 0 amide bonds. The Morgan fingerprint density at radius 3 is 2.89 bits per heavy atom. The Labute approximate surface area is 114 Å². The van der Waals surface area contributed by atoms with Gasteiger partial charge in [0.25, 0.3) is 0 Å². The van der Waals surface area contributed by atoms with Crippen LogP contribution >= 0.6 is 11.8 Å².